The summed E-state index contributed by atoms with van der Waals surface area (Å²) in [6, 6.07) is 3.90. The summed E-state index contributed by atoms with van der Waals surface area (Å²) in [7, 11) is 0. The van der Waals surface area contributed by atoms with Gasteiger partial charge in [-0.15, -0.1) is 0 Å². The predicted octanol–water partition coefficient (Wildman–Crippen LogP) is 2.26. The average molecular weight is 190 g/mol. The molecule has 68 valence electrons. The van der Waals surface area contributed by atoms with Crippen molar-refractivity contribution in [2.45, 2.75) is 6.18 Å². The molecule has 1 nitrogen and oxygen atoms in total. The molecular formula is C8H2F4O. The second kappa shape index (κ2) is 3.05. The fourth-order valence-electron chi connectivity index (χ4n) is 0.719. The molecule has 0 fully saturated rings. The molecule has 0 amide bonds. The van der Waals surface area contributed by atoms with Crippen molar-refractivity contribution in [2.75, 3.05) is 0 Å². The molecule has 0 aliphatic heterocycles. The van der Waals surface area contributed by atoms with Crippen LogP contribution in [0.5, 0.6) is 0 Å². The minimum absolute atomic E-state index is 0.144. The van der Waals surface area contributed by atoms with Gasteiger partial charge in [-0.3, -0.25) is 4.79 Å². The van der Waals surface area contributed by atoms with Crippen LogP contribution in [0.1, 0.15) is 15.9 Å². The Labute approximate surface area is 71.0 Å². The molecule has 0 aromatic heterocycles. The van der Waals surface area contributed by atoms with Gasteiger partial charge in [-0.2, -0.15) is 17.6 Å². The minimum atomic E-state index is -4.81. The summed E-state index contributed by atoms with van der Waals surface area (Å²) in [5.41, 5.74) is -1.89. The van der Waals surface area contributed by atoms with Gasteiger partial charge in [-0.1, -0.05) is 6.07 Å². The lowest BCUT2D eigenvalue weighted by Gasteiger charge is -2.05. The highest BCUT2D eigenvalue weighted by atomic mass is 19.4. The molecule has 1 aromatic rings. The van der Waals surface area contributed by atoms with Crippen LogP contribution in [0.3, 0.4) is 0 Å². The van der Waals surface area contributed by atoms with Crippen LogP contribution >= 0.6 is 0 Å². The van der Waals surface area contributed by atoms with Gasteiger partial charge in [0.25, 0.3) is 0 Å². The van der Waals surface area contributed by atoms with Crippen LogP contribution in [-0.2, 0) is 6.18 Å². The van der Waals surface area contributed by atoms with Crippen LogP contribution in [0.4, 0.5) is 17.6 Å². The van der Waals surface area contributed by atoms with Crippen molar-refractivity contribution in [3.05, 3.63) is 35.1 Å². The Morgan fingerprint density at radius 3 is 2.38 bits per heavy atom. The summed E-state index contributed by atoms with van der Waals surface area (Å²) in [5.74, 6) is -1.56. The maximum absolute atomic E-state index is 12.5. The largest absolute Gasteiger partial charge is 0.419 e. The average Bonchev–Trinajstić information content (AvgIpc) is 2.03. The molecule has 0 atom stereocenters. The fourth-order valence-corrected chi connectivity index (χ4v) is 0.719. The molecule has 0 saturated carbocycles. The van der Waals surface area contributed by atoms with Gasteiger partial charge in [0.1, 0.15) is 5.56 Å². The predicted molar refractivity (Wildman–Crippen MR) is 34.5 cm³/mol. The summed E-state index contributed by atoms with van der Waals surface area (Å²) < 4.78 is 48.4. The second-order valence-corrected chi connectivity index (χ2v) is 2.19. The maximum atomic E-state index is 12.5. The Balaban J connectivity index is 3.27. The lowest BCUT2D eigenvalue weighted by Crippen LogP contribution is -2.07. The molecule has 0 spiro atoms. The first-order chi connectivity index (χ1) is 5.95. The number of rotatable bonds is 1. The fraction of sp³-hybridized carbons (Fsp3) is 0.125. The number of halogens is 4. The van der Waals surface area contributed by atoms with Gasteiger partial charge in [0.05, 0.1) is 5.56 Å². The number of hydrogen-bond donors (Lipinski definition) is 0. The molecule has 0 heterocycles. The summed E-state index contributed by atoms with van der Waals surface area (Å²) in [5, 5.41) is 0. The molecular weight excluding hydrogens is 188 g/mol. The van der Waals surface area contributed by atoms with E-state index in [4.69, 9.17) is 0 Å². The molecule has 0 saturated heterocycles. The van der Waals surface area contributed by atoms with E-state index in [0.29, 0.717) is 6.07 Å². The maximum Gasteiger partial charge on any atom is 0.419 e. The molecule has 0 radical (unpaired) electrons. The monoisotopic (exact) mass is 190 g/mol. The van der Waals surface area contributed by atoms with Crippen LogP contribution in [0.15, 0.2) is 6.07 Å². The zero-order chi connectivity index (χ0) is 10.1. The van der Waals surface area contributed by atoms with Crippen molar-refractivity contribution < 1.29 is 22.4 Å². The van der Waals surface area contributed by atoms with Gasteiger partial charge in [0.15, 0.2) is 12.1 Å². The van der Waals surface area contributed by atoms with Crippen LogP contribution in [0, 0.1) is 17.9 Å². The van der Waals surface area contributed by atoms with Gasteiger partial charge in [0, 0.05) is 0 Å². The quantitative estimate of drug-likeness (QED) is 0.490. The Morgan fingerprint density at radius 1 is 1.31 bits per heavy atom. The molecule has 0 aliphatic carbocycles. The summed E-state index contributed by atoms with van der Waals surface area (Å²) in [6.45, 7) is 0. The smallest absolute Gasteiger partial charge is 0.297 e. The first-order valence-electron chi connectivity index (χ1n) is 3.11. The number of carbonyl (C=O) groups excluding carboxylic acids is 1. The molecule has 0 N–H and O–H groups in total. The van der Waals surface area contributed by atoms with Gasteiger partial charge >= 0.3 is 6.18 Å². The summed E-state index contributed by atoms with van der Waals surface area (Å²) >= 11 is 0. The standard InChI is InChI=1S/C8H2F4O/c9-7-2-1-5(4-13)3-6(7)8(10,11)12/h3-4H. The van der Waals surface area contributed by atoms with Crippen molar-refractivity contribution in [3.63, 3.8) is 0 Å². The van der Waals surface area contributed by atoms with Crippen molar-refractivity contribution >= 4 is 6.29 Å². The molecule has 1 rings (SSSR count). The normalized spacial score (nSPS) is 10.8. The molecule has 0 bridgehead atoms. The summed E-state index contributed by atoms with van der Waals surface area (Å²) in [6.07, 6.45) is -4.67. The van der Waals surface area contributed by atoms with E-state index in [1.165, 1.54) is 0 Å². The van der Waals surface area contributed by atoms with Gasteiger partial charge in [-0.25, -0.2) is 0 Å². The van der Waals surface area contributed by atoms with Crippen LogP contribution in [0.2, 0.25) is 0 Å². The van der Waals surface area contributed by atoms with Crippen LogP contribution in [0.25, 0.3) is 0 Å². The van der Waals surface area contributed by atoms with Crippen LogP contribution < -0.4 is 0 Å². The zero-order valence-corrected chi connectivity index (χ0v) is 6.07. The van der Waals surface area contributed by atoms with Crippen molar-refractivity contribution in [3.8, 4) is 0 Å². The summed E-state index contributed by atoms with van der Waals surface area (Å²) in [4.78, 5) is 10.1. The lowest BCUT2D eigenvalue weighted by molar-refractivity contribution is -0.139. The molecule has 0 aliphatic rings. The highest BCUT2D eigenvalue weighted by Crippen LogP contribution is 2.30. The number of aldehydes is 1. The molecule has 0 unspecified atom stereocenters. The number of hydrogen-bond acceptors (Lipinski definition) is 1. The van der Waals surface area contributed by atoms with E-state index >= 15 is 0 Å². The van der Waals surface area contributed by atoms with E-state index in [1.807, 2.05) is 6.07 Å². The molecule has 5 heteroatoms. The van der Waals surface area contributed by atoms with Crippen molar-refractivity contribution in [1.29, 1.82) is 0 Å². The van der Waals surface area contributed by atoms with E-state index in [9.17, 15) is 22.4 Å². The van der Waals surface area contributed by atoms with E-state index < -0.39 is 17.6 Å². The van der Waals surface area contributed by atoms with Crippen molar-refractivity contribution in [2.24, 2.45) is 0 Å². The highest BCUT2D eigenvalue weighted by molar-refractivity contribution is 5.73. The molecule has 13 heavy (non-hydrogen) atoms. The first kappa shape index (κ1) is 9.52. The third kappa shape index (κ3) is 1.96. The molecule has 1 aromatic carbocycles. The topological polar surface area (TPSA) is 17.1 Å². The highest BCUT2D eigenvalue weighted by Gasteiger charge is 2.34. The van der Waals surface area contributed by atoms with Gasteiger partial charge in [0.2, 0.25) is 0 Å². The van der Waals surface area contributed by atoms with E-state index in [2.05, 4.69) is 0 Å². The van der Waals surface area contributed by atoms with E-state index in [0.717, 1.165) is 0 Å². The zero-order valence-electron chi connectivity index (χ0n) is 6.07. The van der Waals surface area contributed by atoms with E-state index in [1.54, 1.807) is 6.07 Å². The minimum Gasteiger partial charge on any atom is -0.297 e. The third-order valence-electron chi connectivity index (χ3n) is 1.29. The Morgan fingerprint density at radius 2 is 1.92 bits per heavy atom. The van der Waals surface area contributed by atoms with E-state index in [-0.39, 0.29) is 11.8 Å². The number of carbonyl (C=O) groups is 1. The Bertz CT molecular complexity index is 329. The Kier molecular flexibility index (Phi) is 2.24. The van der Waals surface area contributed by atoms with Crippen LogP contribution in [-0.4, -0.2) is 6.29 Å². The number of alkyl halides is 3. The third-order valence-corrected chi connectivity index (χ3v) is 1.29. The first-order valence-corrected chi connectivity index (χ1v) is 3.11. The Hall–Kier alpha value is -1.57. The SMILES string of the molecule is O=Cc1c#cc(F)c(C(F)(F)F)c1. The van der Waals surface area contributed by atoms with Gasteiger partial charge in [-0.05, 0) is 12.1 Å². The second-order valence-electron chi connectivity index (χ2n) is 2.19. The van der Waals surface area contributed by atoms with Crippen molar-refractivity contribution in [1.82, 2.24) is 0 Å². The van der Waals surface area contributed by atoms with Gasteiger partial charge < -0.3 is 0 Å². The lowest BCUT2D eigenvalue weighted by atomic mass is 10.2.